The molecule has 0 atom stereocenters. The van der Waals surface area contributed by atoms with Gasteiger partial charge >= 0.3 is 0 Å². The van der Waals surface area contributed by atoms with Crippen molar-refractivity contribution in [2.45, 2.75) is 45.2 Å². The summed E-state index contributed by atoms with van der Waals surface area (Å²) in [6.45, 7) is 2.19. The van der Waals surface area contributed by atoms with Crippen molar-refractivity contribution in [3.05, 3.63) is 52.1 Å². The first-order chi connectivity index (χ1) is 13.5. The SMILES string of the molecule is CC1CCC(NC(=O)Cn2cnc3scc(-c4ccc(F)cc4)c3c2=O)CC1. The molecule has 0 saturated heterocycles. The number of benzene rings is 1. The van der Waals surface area contributed by atoms with Crippen LogP contribution in [0.5, 0.6) is 0 Å². The third-order valence-electron chi connectivity index (χ3n) is 5.41. The van der Waals surface area contributed by atoms with Crippen LogP contribution in [-0.2, 0) is 11.3 Å². The summed E-state index contributed by atoms with van der Waals surface area (Å²) in [7, 11) is 0. The average molecular weight is 399 g/mol. The lowest BCUT2D eigenvalue weighted by atomic mass is 9.87. The molecular weight excluding hydrogens is 377 g/mol. The van der Waals surface area contributed by atoms with Crippen molar-refractivity contribution in [3.63, 3.8) is 0 Å². The van der Waals surface area contributed by atoms with Crippen LogP contribution in [0.3, 0.4) is 0 Å². The van der Waals surface area contributed by atoms with Gasteiger partial charge in [-0.05, 0) is 49.3 Å². The highest BCUT2D eigenvalue weighted by Gasteiger charge is 2.20. The smallest absolute Gasteiger partial charge is 0.263 e. The van der Waals surface area contributed by atoms with Crippen LogP contribution < -0.4 is 10.9 Å². The molecule has 28 heavy (non-hydrogen) atoms. The number of amides is 1. The van der Waals surface area contributed by atoms with E-state index in [0.717, 1.165) is 31.2 Å². The van der Waals surface area contributed by atoms with Crippen molar-refractivity contribution in [3.8, 4) is 11.1 Å². The highest BCUT2D eigenvalue weighted by atomic mass is 32.1. The minimum Gasteiger partial charge on any atom is -0.352 e. The monoisotopic (exact) mass is 399 g/mol. The molecule has 0 aliphatic heterocycles. The molecule has 1 N–H and O–H groups in total. The zero-order chi connectivity index (χ0) is 19.7. The molecule has 0 radical (unpaired) electrons. The molecule has 0 spiro atoms. The summed E-state index contributed by atoms with van der Waals surface area (Å²) < 4.78 is 14.6. The summed E-state index contributed by atoms with van der Waals surface area (Å²) in [5, 5.41) is 5.36. The predicted octanol–water partition coefficient (Wildman–Crippen LogP) is 3.96. The van der Waals surface area contributed by atoms with Crippen LogP contribution >= 0.6 is 11.3 Å². The molecule has 1 saturated carbocycles. The van der Waals surface area contributed by atoms with Crippen LogP contribution in [0.15, 0.2) is 40.8 Å². The van der Waals surface area contributed by atoms with Crippen LogP contribution in [0, 0.1) is 11.7 Å². The molecule has 2 aromatic heterocycles. The second kappa shape index (κ2) is 7.83. The molecule has 1 aromatic carbocycles. The van der Waals surface area contributed by atoms with E-state index in [1.807, 2.05) is 5.38 Å². The summed E-state index contributed by atoms with van der Waals surface area (Å²) in [6.07, 6.45) is 5.64. The van der Waals surface area contributed by atoms with E-state index in [2.05, 4.69) is 17.2 Å². The highest BCUT2D eigenvalue weighted by molar-refractivity contribution is 7.17. The summed E-state index contributed by atoms with van der Waals surface area (Å²) in [5.41, 5.74) is 1.22. The minimum atomic E-state index is -0.326. The molecule has 1 fully saturated rings. The minimum absolute atomic E-state index is 0.0491. The lowest BCUT2D eigenvalue weighted by Crippen LogP contribution is -2.40. The average Bonchev–Trinajstić information content (AvgIpc) is 3.11. The first kappa shape index (κ1) is 18.8. The standard InChI is InChI=1S/C21H22FN3O2S/c1-13-2-8-16(9-3-13)24-18(26)10-25-12-23-20-19(21(25)27)17(11-28-20)14-4-6-15(22)7-5-14/h4-7,11-13,16H,2-3,8-10H2,1H3,(H,24,26). The lowest BCUT2D eigenvalue weighted by Gasteiger charge is -2.26. The van der Waals surface area contributed by atoms with Gasteiger partial charge < -0.3 is 5.32 Å². The molecule has 7 heteroatoms. The Kier molecular flexibility index (Phi) is 5.26. The van der Waals surface area contributed by atoms with Gasteiger partial charge in [0.2, 0.25) is 5.91 Å². The summed E-state index contributed by atoms with van der Waals surface area (Å²) in [6, 6.07) is 6.21. The van der Waals surface area contributed by atoms with Gasteiger partial charge in [0.05, 0.1) is 11.7 Å². The van der Waals surface area contributed by atoms with E-state index in [0.29, 0.717) is 21.7 Å². The largest absolute Gasteiger partial charge is 0.352 e. The third-order valence-corrected chi connectivity index (χ3v) is 6.30. The topological polar surface area (TPSA) is 64.0 Å². The zero-order valence-corrected chi connectivity index (χ0v) is 16.5. The number of fused-ring (bicyclic) bond motifs is 1. The van der Waals surface area contributed by atoms with Crippen molar-refractivity contribution in [1.82, 2.24) is 14.9 Å². The second-order valence-electron chi connectivity index (χ2n) is 7.54. The van der Waals surface area contributed by atoms with Gasteiger partial charge in [0.1, 0.15) is 17.2 Å². The Hall–Kier alpha value is -2.54. The predicted molar refractivity (Wildman–Crippen MR) is 109 cm³/mol. The number of hydrogen-bond acceptors (Lipinski definition) is 4. The van der Waals surface area contributed by atoms with Gasteiger partial charge in [-0.15, -0.1) is 11.3 Å². The van der Waals surface area contributed by atoms with E-state index in [-0.39, 0.29) is 29.9 Å². The van der Waals surface area contributed by atoms with E-state index in [1.165, 1.54) is 34.4 Å². The molecule has 2 heterocycles. The number of aromatic nitrogens is 2. The van der Waals surface area contributed by atoms with Crippen LogP contribution in [0.4, 0.5) is 4.39 Å². The van der Waals surface area contributed by atoms with Gasteiger partial charge in [0, 0.05) is 17.0 Å². The number of halogens is 1. The quantitative estimate of drug-likeness (QED) is 0.722. The Morgan fingerprint density at radius 3 is 2.68 bits per heavy atom. The highest BCUT2D eigenvalue weighted by Crippen LogP contribution is 2.30. The molecule has 1 aliphatic rings. The van der Waals surface area contributed by atoms with Gasteiger partial charge in [0.15, 0.2) is 0 Å². The van der Waals surface area contributed by atoms with E-state index in [1.54, 1.807) is 12.1 Å². The first-order valence-electron chi connectivity index (χ1n) is 9.53. The number of rotatable bonds is 4. The fourth-order valence-electron chi connectivity index (χ4n) is 3.75. The molecule has 146 valence electrons. The Balaban J connectivity index is 1.57. The van der Waals surface area contributed by atoms with Crippen molar-refractivity contribution >= 4 is 27.5 Å². The molecule has 1 amide bonds. The van der Waals surface area contributed by atoms with Gasteiger partial charge in [0.25, 0.3) is 5.56 Å². The molecule has 1 aliphatic carbocycles. The molecule has 4 rings (SSSR count). The van der Waals surface area contributed by atoms with Gasteiger partial charge in [-0.25, -0.2) is 9.37 Å². The number of hydrogen-bond donors (Lipinski definition) is 1. The first-order valence-corrected chi connectivity index (χ1v) is 10.4. The molecule has 5 nitrogen and oxygen atoms in total. The number of thiophene rings is 1. The molecule has 0 unspecified atom stereocenters. The maximum atomic E-state index is 13.2. The number of carbonyl (C=O) groups is 1. The van der Waals surface area contributed by atoms with E-state index in [9.17, 15) is 14.0 Å². The van der Waals surface area contributed by atoms with Gasteiger partial charge in [-0.1, -0.05) is 19.1 Å². The molecule has 0 bridgehead atoms. The van der Waals surface area contributed by atoms with Crippen LogP contribution in [0.1, 0.15) is 32.6 Å². The summed E-state index contributed by atoms with van der Waals surface area (Å²) in [5.74, 6) is 0.222. The van der Waals surface area contributed by atoms with E-state index >= 15 is 0 Å². The summed E-state index contributed by atoms with van der Waals surface area (Å²) >= 11 is 1.36. The summed E-state index contributed by atoms with van der Waals surface area (Å²) in [4.78, 5) is 30.4. The Morgan fingerprint density at radius 2 is 1.96 bits per heavy atom. The molecular formula is C21H22FN3O2S. The van der Waals surface area contributed by atoms with Crippen LogP contribution in [-0.4, -0.2) is 21.5 Å². The normalized spacial score (nSPS) is 19.6. The fraction of sp³-hybridized carbons (Fsp3) is 0.381. The lowest BCUT2D eigenvalue weighted by molar-refractivity contribution is -0.122. The van der Waals surface area contributed by atoms with E-state index < -0.39 is 0 Å². The van der Waals surface area contributed by atoms with Crippen molar-refractivity contribution in [2.24, 2.45) is 5.92 Å². The number of nitrogens with one attached hydrogen (secondary N) is 1. The number of nitrogens with zero attached hydrogens (tertiary/aromatic N) is 2. The van der Waals surface area contributed by atoms with Gasteiger partial charge in [-0.3, -0.25) is 14.2 Å². The zero-order valence-electron chi connectivity index (χ0n) is 15.7. The fourth-order valence-corrected chi connectivity index (χ4v) is 4.66. The van der Waals surface area contributed by atoms with Crippen LogP contribution in [0.2, 0.25) is 0 Å². The maximum absolute atomic E-state index is 13.2. The maximum Gasteiger partial charge on any atom is 0.263 e. The van der Waals surface area contributed by atoms with Gasteiger partial charge in [-0.2, -0.15) is 0 Å². The van der Waals surface area contributed by atoms with Crippen molar-refractivity contribution in [2.75, 3.05) is 0 Å². The second-order valence-corrected chi connectivity index (χ2v) is 8.40. The van der Waals surface area contributed by atoms with Crippen molar-refractivity contribution in [1.29, 1.82) is 0 Å². The Morgan fingerprint density at radius 1 is 1.25 bits per heavy atom. The van der Waals surface area contributed by atoms with Crippen LogP contribution in [0.25, 0.3) is 21.3 Å². The van der Waals surface area contributed by atoms with Crippen molar-refractivity contribution < 1.29 is 9.18 Å². The third kappa shape index (κ3) is 3.85. The molecule has 3 aromatic rings. The number of carbonyl (C=O) groups excluding carboxylic acids is 1. The Bertz CT molecular complexity index is 1050. The Labute approximate surface area is 166 Å². The van der Waals surface area contributed by atoms with E-state index in [4.69, 9.17) is 0 Å².